The van der Waals surface area contributed by atoms with Gasteiger partial charge in [0, 0.05) is 6.54 Å². The molecule has 1 aromatic carbocycles. The number of fused-ring (bicyclic) bond motifs is 1. The second-order valence-electron chi connectivity index (χ2n) is 5.71. The zero-order valence-electron chi connectivity index (χ0n) is 12.7. The van der Waals surface area contributed by atoms with Crippen molar-refractivity contribution >= 4 is 54.5 Å². The lowest BCUT2D eigenvalue weighted by molar-refractivity contribution is 0.256. The Hall–Kier alpha value is -0.990. The van der Waals surface area contributed by atoms with Crippen LogP contribution in [0.3, 0.4) is 0 Å². The Kier molecular flexibility index (Phi) is 4.38. The summed E-state index contributed by atoms with van der Waals surface area (Å²) in [6, 6.07) is 11.0. The van der Waals surface area contributed by atoms with Gasteiger partial charge in [0.05, 0.1) is 20.6 Å². The molecule has 4 nitrogen and oxygen atoms in total. The van der Waals surface area contributed by atoms with E-state index in [-0.39, 0.29) is 6.04 Å². The minimum atomic E-state index is -3.54. The van der Waals surface area contributed by atoms with Crippen molar-refractivity contribution < 1.29 is 8.42 Å². The quantitative estimate of drug-likeness (QED) is 0.628. The Morgan fingerprint density at radius 1 is 1.12 bits per heavy atom. The Morgan fingerprint density at radius 3 is 2.71 bits per heavy atom. The molecule has 4 rings (SSSR count). The third-order valence-electron chi connectivity index (χ3n) is 4.16. The van der Waals surface area contributed by atoms with Crippen molar-refractivity contribution in [3.8, 4) is 0 Å². The summed E-state index contributed by atoms with van der Waals surface area (Å²) in [4.78, 5) is 4.69. The molecule has 1 saturated heterocycles. The van der Waals surface area contributed by atoms with E-state index >= 15 is 0 Å². The fourth-order valence-electron chi connectivity index (χ4n) is 3.02. The molecular formula is C16H15ClN2O2S3. The van der Waals surface area contributed by atoms with Crippen LogP contribution in [-0.2, 0) is 10.0 Å². The molecule has 24 heavy (non-hydrogen) atoms. The van der Waals surface area contributed by atoms with E-state index in [0.29, 0.717) is 15.1 Å². The van der Waals surface area contributed by atoms with Gasteiger partial charge in [-0.15, -0.1) is 22.7 Å². The normalized spacial score (nSPS) is 19.8. The third-order valence-corrected chi connectivity index (χ3v) is 8.91. The number of hydrogen-bond donors (Lipinski definition) is 0. The van der Waals surface area contributed by atoms with Crippen molar-refractivity contribution in [3.63, 3.8) is 0 Å². The average Bonchev–Trinajstić information content (AvgIpc) is 3.21. The molecule has 0 aliphatic carbocycles. The van der Waals surface area contributed by atoms with Gasteiger partial charge >= 0.3 is 0 Å². The minimum Gasteiger partial charge on any atom is -0.239 e. The highest BCUT2D eigenvalue weighted by molar-refractivity contribution is 7.91. The van der Waals surface area contributed by atoms with E-state index in [0.717, 1.165) is 45.8 Å². The Balaban J connectivity index is 1.75. The van der Waals surface area contributed by atoms with Gasteiger partial charge < -0.3 is 0 Å². The van der Waals surface area contributed by atoms with Crippen LogP contribution in [0.25, 0.3) is 10.2 Å². The smallest absolute Gasteiger partial charge is 0.239 e. The molecule has 2 aromatic heterocycles. The maximum absolute atomic E-state index is 13.1. The van der Waals surface area contributed by atoms with E-state index in [1.165, 1.54) is 0 Å². The summed E-state index contributed by atoms with van der Waals surface area (Å²) in [5, 5.41) is 0.877. The average molecular weight is 399 g/mol. The Morgan fingerprint density at radius 2 is 1.96 bits per heavy atom. The molecule has 1 aliphatic heterocycles. The van der Waals surface area contributed by atoms with Gasteiger partial charge in [-0.1, -0.05) is 30.2 Å². The van der Waals surface area contributed by atoms with Crippen LogP contribution in [0.2, 0.25) is 4.34 Å². The van der Waals surface area contributed by atoms with Crippen LogP contribution in [0.15, 0.2) is 40.6 Å². The number of para-hydroxylation sites is 1. The lowest BCUT2D eigenvalue weighted by Gasteiger charge is -2.32. The molecule has 0 unspecified atom stereocenters. The van der Waals surface area contributed by atoms with Gasteiger partial charge in [-0.25, -0.2) is 13.4 Å². The number of thiophene rings is 1. The Bertz CT molecular complexity index is 947. The maximum Gasteiger partial charge on any atom is 0.253 e. The molecule has 3 heterocycles. The molecular weight excluding hydrogens is 384 g/mol. The topological polar surface area (TPSA) is 50.3 Å². The number of sulfonamides is 1. The van der Waals surface area contributed by atoms with Crippen LogP contribution < -0.4 is 0 Å². The number of piperidine rings is 1. The number of rotatable bonds is 3. The third kappa shape index (κ3) is 2.88. The Labute approximate surface area is 153 Å². The summed E-state index contributed by atoms with van der Waals surface area (Å²) in [6.07, 6.45) is 2.69. The number of hydrogen-bond acceptors (Lipinski definition) is 5. The molecule has 0 saturated carbocycles. The predicted octanol–water partition coefficient (Wildman–Crippen LogP) is 4.93. The van der Waals surface area contributed by atoms with Crippen molar-refractivity contribution in [2.24, 2.45) is 0 Å². The molecule has 0 radical (unpaired) electrons. The van der Waals surface area contributed by atoms with Crippen molar-refractivity contribution in [1.29, 1.82) is 0 Å². The fraction of sp³-hybridized carbons (Fsp3) is 0.312. The van der Waals surface area contributed by atoms with Gasteiger partial charge in [0.1, 0.15) is 9.22 Å². The number of aromatic nitrogens is 1. The molecule has 1 fully saturated rings. The van der Waals surface area contributed by atoms with E-state index in [1.807, 2.05) is 24.3 Å². The number of thiazole rings is 1. The van der Waals surface area contributed by atoms with Gasteiger partial charge in [-0.05, 0) is 37.1 Å². The van der Waals surface area contributed by atoms with Crippen LogP contribution in [0.1, 0.15) is 30.3 Å². The van der Waals surface area contributed by atoms with Crippen LogP contribution in [-0.4, -0.2) is 24.3 Å². The first-order valence-corrected chi connectivity index (χ1v) is 11.1. The van der Waals surface area contributed by atoms with Crippen LogP contribution in [0.4, 0.5) is 0 Å². The standard InChI is InChI=1S/C16H15ClN2O2S3/c17-14-8-9-15(23-14)24(20,21)19-10-4-3-6-12(19)16-18-11-5-1-2-7-13(11)22-16/h1-2,5,7-9,12H,3-4,6,10H2/t12-/m1/s1. The number of nitrogens with zero attached hydrogens (tertiary/aromatic N) is 2. The molecule has 3 aromatic rings. The lowest BCUT2D eigenvalue weighted by atomic mass is 10.1. The van der Waals surface area contributed by atoms with Gasteiger partial charge in [0.25, 0.3) is 10.0 Å². The highest BCUT2D eigenvalue weighted by atomic mass is 35.5. The zero-order chi connectivity index (χ0) is 16.7. The SMILES string of the molecule is O=S(=O)(c1ccc(Cl)s1)N1CCCC[C@@H]1c1nc2ccccc2s1. The first-order valence-electron chi connectivity index (χ1n) is 7.68. The summed E-state index contributed by atoms with van der Waals surface area (Å²) in [6.45, 7) is 0.526. The molecule has 0 spiro atoms. The second-order valence-corrected chi connectivity index (χ2v) is 10.6. The maximum atomic E-state index is 13.1. The summed E-state index contributed by atoms with van der Waals surface area (Å²) in [7, 11) is -3.54. The highest BCUT2D eigenvalue weighted by Gasteiger charge is 2.36. The molecule has 0 bridgehead atoms. The largest absolute Gasteiger partial charge is 0.253 e. The van der Waals surface area contributed by atoms with Gasteiger partial charge in [0.15, 0.2) is 0 Å². The summed E-state index contributed by atoms with van der Waals surface area (Å²) in [5.41, 5.74) is 0.930. The molecule has 8 heteroatoms. The first-order chi connectivity index (χ1) is 11.6. The van der Waals surface area contributed by atoms with Gasteiger partial charge in [-0.3, -0.25) is 0 Å². The van der Waals surface area contributed by atoms with E-state index in [2.05, 4.69) is 4.98 Å². The highest BCUT2D eigenvalue weighted by Crippen LogP contribution is 2.40. The summed E-state index contributed by atoms with van der Waals surface area (Å²) >= 11 is 8.63. The van der Waals surface area contributed by atoms with E-state index < -0.39 is 10.0 Å². The number of benzene rings is 1. The van der Waals surface area contributed by atoms with Crippen LogP contribution >= 0.6 is 34.3 Å². The lowest BCUT2D eigenvalue weighted by Crippen LogP contribution is -2.38. The molecule has 1 aliphatic rings. The van der Waals surface area contributed by atoms with E-state index in [4.69, 9.17) is 11.6 Å². The summed E-state index contributed by atoms with van der Waals surface area (Å²) < 4.78 is 29.6. The first kappa shape index (κ1) is 16.5. The van der Waals surface area contributed by atoms with Crippen molar-refractivity contribution in [2.75, 3.05) is 6.54 Å². The van der Waals surface area contributed by atoms with Gasteiger partial charge in [-0.2, -0.15) is 4.31 Å². The second kappa shape index (κ2) is 6.38. The van der Waals surface area contributed by atoms with Crippen molar-refractivity contribution in [1.82, 2.24) is 9.29 Å². The molecule has 126 valence electrons. The van der Waals surface area contributed by atoms with Crippen molar-refractivity contribution in [3.05, 3.63) is 45.7 Å². The van der Waals surface area contributed by atoms with Gasteiger partial charge in [0.2, 0.25) is 0 Å². The zero-order valence-corrected chi connectivity index (χ0v) is 15.9. The van der Waals surface area contributed by atoms with Crippen LogP contribution in [0.5, 0.6) is 0 Å². The predicted molar refractivity (Wildman–Crippen MR) is 99.4 cm³/mol. The van der Waals surface area contributed by atoms with E-state index in [9.17, 15) is 8.42 Å². The van der Waals surface area contributed by atoms with E-state index in [1.54, 1.807) is 27.8 Å². The van der Waals surface area contributed by atoms with Crippen molar-refractivity contribution in [2.45, 2.75) is 29.5 Å². The molecule has 0 amide bonds. The fourth-order valence-corrected chi connectivity index (χ4v) is 7.48. The molecule has 0 N–H and O–H groups in total. The number of halogens is 1. The summed E-state index contributed by atoms with van der Waals surface area (Å²) in [5.74, 6) is 0. The molecule has 1 atom stereocenters. The van der Waals surface area contributed by atoms with Crippen LogP contribution in [0, 0.1) is 0 Å². The monoisotopic (exact) mass is 398 g/mol. The minimum absolute atomic E-state index is 0.193.